The van der Waals surface area contributed by atoms with Gasteiger partial charge in [0.1, 0.15) is 5.75 Å². The molecule has 1 aliphatic rings. The number of likely N-dealkylation sites (N-methyl/N-ethyl adjacent to an activating group) is 1. The summed E-state index contributed by atoms with van der Waals surface area (Å²) in [6.45, 7) is 2.62. The van der Waals surface area contributed by atoms with E-state index in [1.807, 2.05) is 24.3 Å². The van der Waals surface area contributed by atoms with Gasteiger partial charge in [0.05, 0.1) is 6.61 Å². The second-order valence-corrected chi connectivity index (χ2v) is 6.42. The number of nitrogens with zero attached hydrogens (tertiary/aromatic N) is 1. The average Bonchev–Trinajstić information content (AvgIpc) is 2.56. The van der Waals surface area contributed by atoms with Crippen LogP contribution in [-0.2, 0) is 13.0 Å². The van der Waals surface area contributed by atoms with Crippen molar-refractivity contribution in [1.82, 2.24) is 4.90 Å². The highest BCUT2D eigenvalue weighted by molar-refractivity contribution is 6.32. The lowest BCUT2D eigenvalue weighted by molar-refractivity contribution is 0.287. The van der Waals surface area contributed by atoms with Crippen LogP contribution in [0.4, 0.5) is 0 Å². The summed E-state index contributed by atoms with van der Waals surface area (Å²) in [6.07, 6.45) is 6.48. The van der Waals surface area contributed by atoms with Crippen molar-refractivity contribution in [3.05, 3.63) is 70.3 Å². The molecule has 3 rings (SSSR count). The van der Waals surface area contributed by atoms with Gasteiger partial charge in [-0.1, -0.05) is 54.1 Å². The van der Waals surface area contributed by atoms with Gasteiger partial charge in [-0.25, -0.2) is 0 Å². The van der Waals surface area contributed by atoms with Crippen LogP contribution in [0.25, 0.3) is 6.08 Å². The van der Waals surface area contributed by atoms with E-state index in [4.69, 9.17) is 16.3 Å². The lowest BCUT2D eigenvalue weighted by Crippen LogP contribution is -2.18. The van der Waals surface area contributed by atoms with E-state index < -0.39 is 0 Å². The summed E-state index contributed by atoms with van der Waals surface area (Å²) in [5.41, 5.74) is 3.69. The molecule has 3 heteroatoms. The van der Waals surface area contributed by atoms with Crippen molar-refractivity contribution in [3.63, 3.8) is 0 Å². The fraction of sp³-hybridized carbons (Fsp3) is 0.300. The van der Waals surface area contributed by atoms with E-state index >= 15 is 0 Å². The van der Waals surface area contributed by atoms with Crippen LogP contribution in [0.15, 0.2) is 48.5 Å². The van der Waals surface area contributed by atoms with Gasteiger partial charge in [0, 0.05) is 18.1 Å². The number of halogens is 1. The van der Waals surface area contributed by atoms with Gasteiger partial charge in [0.2, 0.25) is 0 Å². The first-order valence-corrected chi connectivity index (χ1v) is 8.44. The van der Waals surface area contributed by atoms with E-state index in [0.29, 0.717) is 0 Å². The minimum Gasteiger partial charge on any atom is -0.493 e. The second-order valence-electron chi connectivity index (χ2n) is 6.01. The van der Waals surface area contributed by atoms with E-state index in [0.717, 1.165) is 48.9 Å². The molecule has 0 spiro atoms. The molecule has 0 unspecified atom stereocenters. The monoisotopic (exact) mass is 327 g/mol. The second kappa shape index (κ2) is 7.67. The molecule has 0 fully saturated rings. The summed E-state index contributed by atoms with van der Waals surface area (Å²) in [5.74, 6) is 1.06. The summed E-state index contributed by atoms with van der Waals surface area (Å²) >= 11 is 6.16. The van der Waals surface area contributed by atoms with Crippen molar-refractivity contribution in [2.75, 3.05) is 20.2 Å². The molecule has 0 aromatic heterocycles. The van der Waals surface area contributed by atoms with Gasteiger partial charge in [0.25, 0.3) is 0 Å². The fourth-order valence-corrected chi connectivity index (χ4v) is 3.03. The minimum absolute atomic E-state index is 0.790. The van der Waals surface area contributed by atoms with E-state index in [1.54, 1.807) is 0 Å². The number of benzene rings is 2. The van der Waals surface area contributed by atoms with E-state index in [-0.39, 0.29) is 0 Å². The van der Waals surface area contributed by atoms with Gasteiger partial charge >= 0.3 is 0 Å². The highest BCUT2D eigenvalue weighted by Crippen LogP contribution is 2.26. The summed E-state index contributed by atoms with van der Waals surface area (Å²) in [7, 11) is 2.12. The van der Waals surface area contributed by atoms with Crippen molar-refractivity contribution in [2.24, 2.45) is 0 Å². The number of ether oxygens (including phenoxy) is 1. The molecule has 2 nitrogen and oxygen atoms in total. The van der Waals surface area contributed by atoms with Crippen LogP contribution >= 0.6 is 11.6 Å². The normalized spacial score (nSPS) is 14.0. The SMILES string of the molecule is CN(C/C=C/c1ccccc1Cl)Cc1ccc2c(c1)OCCC2. The topological polar surface area (TPSA) is 12.5 Å². The zero-order chi connectivity index (χ0) is 16.1. The average molecular weight is 328 g/mol. The summed E-state index contributed by atoms with van der Waals surface area (Å²) in [5, 5.41) is 0.790. The molecule has 23 heavy (non-hydrogen) atoms. The Hall–Kier alpha value is -1.77. The summed E-state index contributed by atoms with van der Waals surface area (Å²) < 4.78 is 5.75. The van der Waals surface area contributed by atoms with Crippen LogP contribution in [0.2, 0.25) is 5.02 Å². The first-order valence-electron chi connectivity index (χ1n) is 8.06. The fourth-order valence-electron chi connectivity index (χ4n) is 2.83. The molecule has 0 radical (unpaired) electrons. The number of aryl methyl sites for hydroxylation is 1. The van der Waals surface area contributed by atoms with Gasteiger partial charge in [0.15, 0.2) is 0 Å². The van der Waals surface area contributed by atoms with Crippen LogP contribution in [0, 0.1) is 0 Å². The molecular formula is C20H22ClNO. The van der Waals surface area contributed by atoms with E-state index in [1.165, 1.54) is 11.1 Å². The molecule has 120 valence electrons. The molecule has 0 amide bonds. The van der Waals surface area contributed by atoms with Crippen LogP contribution in [0.5, 0.6) is 5.75 Å². The van der Waals surface area contributed by atoms with Crippen LogP contribution < -0.4 is 4.74 Å². The maximum Gasteiger partial charge on any atom is 0.122 e. The molecular weight excluding hydrogens is 306 g/mol. The standard InChI is InChI=1S/C20H22ClNO/c1-22(12-4-7-17-6-2-3-9-19(17)21)15-16-10-11-18-8-5-13-23-20(18)14-16/h2-4,6-7,9-11,14H,5,8,12-13,15H2,1H3/b7-4+. The maximum absolute atomic E-state index is 6.16. The molecule has 0 saturated heterocycles. The Bertz CT molecular complexity index is 696. The Balaban J connectivity index is 1.57. The zero-order valence-corrected chi connectivity index (χ0v) is 14.2. The third-order valence-corrected chi connectivity index (χ3v) is 4.40. The smallest absolute Gasteiger partial charge is 0.122 e. The minimum atomic E-state index is 0.790. The Morgan fingerprint density at radius 1 is 1.22 bits per heavy atom. The van der Waals surface area contributed by atoms with Gasteiger partial charge in [-0.2, -0.15) is 0 Å². The molecule has 0 aliphatic carbocycles. The highest BCUT2D eigenvalue weighted by atomic mass is 35.5. The number of hydrogen-bond donors (Lipinski definition) is 0. The molecule has 2 aromatic rings. The van der Waals surface area contributed by atoms with Crippen LogP contribution in [-0.4, -0.2) is 25.1 Å². The molecule has 1 heterocycles. The quantitative estimate of drug-likeness (QED) is 0.781. The molecule has 0 bridgehead atoms. The zero-order valence-electron chi connectivity index (χ0n) is 13.5. The van der Waals surface area contributed by atoms with Crippen molar-refractivity contribution in [3.8, 4) is 5.75 Å². The maximum atomic E-state index is 6.16. The number of fused-ring (bicyclic) bond motifs is 1. The Morgan fingerprint density at radius 2 is 2.09 bits per heavy atom. The number of hydrogen-bond acceptors (Lipinski definition) is 2. The number of rotatable bonds is 5. The predicted molar refractivity (Wildman–Crippen MR) is 97.1 cm³/mol. The van der Waals surface area contributed by atoms with E-state index in [2.05, 4.69) is 42.3 Å². The lowest BCUT2D eigenvalue weighted by atomic mass is 10.0. The third kappa shape index (κ3) is 4.37. The van der Waals surface area contributed by atoms with Gasteiger partial charge in [-0.05, 0) is 48.7 Å². The first-order chi connectivity index (χ1) is 11.2. The van der Waals surface area contributed by atoms with Crippen molar-refractivity contribution in [1.29, 1.82) is 0 Å². The molecule has 2 aromatic carbocycles. The van der Waals surface area contributed by atoms with Crippen molar-refractivity contribution < 1.29 is 4.74 Å². The molecule has 0 saturated carbocycles. The van der Waals surface area contributed by atoms with Crippen LogP contribution in [0.1, 0.15) is 23.1 Å². The van der Waals surface area contributed by atoms with Crippen LogP contribution in [0.3, 0.4) is 0 Å². The van der Waals surface area contributed by atoms with Gasteiger partial charge < -0.3 is 4.74 Å². The molecule has 0 N–H and O–H groups in total. The first kappa shape index (κ1) is 16.1. The largest absolute Gasteiger partial charge is 0.493 e. The van der Waals surface area contributed by atoms with E-state index in [9.17, 15) is 0 Å². The summed E-state index contributed by atoms with van der Waals surface area (Å²) in [6, 6.07) is 14.5. The Morgan fingerprint density at radius 3 is 2.96 bits per heavy atom. The Labute approximate surface area is 143 Å². The van der Waals surface area contributed by atoms with Gasteiger partial charge in [-0.3, -0.25) is 4.90 Å². The Kier molecular flexibility index (Phi) is 5.37. The molecule has 0 atom stereocenters. The summed E-state index contributed by atoms with van der Waals surface area (Å²) in [4.78, 5) is 2.28. The highest BCUT2D eigenvalue weighted by Gasteiger charge is 2.11. The van der Waals surface area contributed by atoms with Crippen molar-refractivity contribution >= 4 is 17.7 Å². The predicted octanol–water partition coefficient (Wildman–Crippen LogP) is 4.81. The third-order valence-electron chi connectivity index (χ3n) is 4.05. The van der Waals surface area contributed by atoms with Gasteiger partial charge in [-0.15, -0.1) is 0 Å². The van der Waals surface area contributed by atoms with Crippen molar-refractivity contribution in [2.45, 2.75) is 19.4 Å². The molecule has 1 aliphatic heterocycles. The lowest BCUT2D eigenvalue weighted by Gasteiger charge is -2.20.